The van der Waals surface area contributed by atoms with Gasteiger partial charge in [-0.15, -0.1) is 0 Å². The van der Waals surface area contributed by atoms with Crippen molar-refractivity contribution < 1.29 is 23.9 Å². The van der Waals surface area contributed by atoms with Crippen LogP contribution in [0.5, 0.6) is 0 Å². The molecule has 1 heterocycles. The lowest BCUT2D eigenvalue weighted by Gasteiger charge is -2.31. The number of imide groups is 1. The molecule has 0 aromatic heterocycles. The van der Waals surface area contributed by atoms with Crippen LogP contribution in [0.2, 0.25) is 0 Å². The Balaban J connectivity index is 1.33. The highest BCUT2D eigenvalue weighted by Crippen LogP contribution is 2.46. The maximum Gasteiger partial charge on any atom is 0.418 e. The number of ether oxygens (including phenoxy) is 1. The third-order valence-corrected chi connectivity index (χ3v) is 7.84. The highest BCUT2D eigenvalue weighted by Gasteiger charge is 2.58. The number of nitrogens with zero attached hydrogens (tertiary/aromatic N) is 2. The van der Waals surface area contributed by atoms with Crippen LogP contribution in [0.3, 0.4) is 0 Å². The lowest BCUT2D eigenvalue weighted by Crippen LogP contribution is -2.47. The van der Waals surface area contributed by atoms with Gasteiger partial charge in [-0.05, 0) is 69.2 Å². The van der Waals surface area contributed by atoms with Gasteiger partial charge >= 0.3 is 12.1 Å². The van der Waals surface area contributed by atoms with Gasteiger partial charge in [0.05, 0.1) is 0 Å². The number of hydrogen-bond donors (Lipinski definition) is 2. The molecule has 0 radical (unpaired) electrons. The Kier molecular flexibility index (Phi) is 6.86. The zero-order chi connectivity index (χ0) is 27.0. The molecule has 5 rings (SSSR count). The normalized spacial score (nSPS) is 20.8. The zero-order valence-electron chi connectivity index (χ0n) is 22.1. The van der Waals surface area contributed by atoms with Crippen molar-refractivity contribution in [2.45, 2.75) is 64.6 Å². The van der Waals surface area contributed by atoms with Crippen molar-refractivity contribution in [1.82, 2.24) is 15.1 Å². The van der Waals surface area contributed by atoms with Crippen LogP contribution in [-0.4, -0.2) is 52.9 Å². The average molecular weight is 519 g/mol. The van der Waals surface area contributed by atoms with E-state index in [1.807, 2.05) is 45.0 Å². The first-order chi connectivity index (χ1) is 18.2. The molecule has 3 aliphatic rings. The number of hydrogen-bond acceptors (Lipinski definition) is 5. The minimum absolute atomic E-state index is 0.00882. The van der Waals surface area contributed by atoms with Crippen LogP contribution in [0.4, 0.5) is 15.3 Å². The predicted octanol–water partition coefficient (Wildman–Crippen LogP) is 4.08. The van der Waals surface area contributed by atoms with E-state index in [0.717, 1.165) is 34.4 Å². The Morgan fingerprint density at radius 1 is 1.16 bits per heavy atom. The molecule has 9 heteroatoms. The molecule has 5 amide bonds. The summed E-state index contributed by atoms with van der Waals surface area (Å²) in [7, 11) is 0. The van der Waals surface area contributed by atoms with Crippen LogP contribution < -0.4 is 10.6 Å². The summed E-state index contributed by atoms with van der Waals surface area (Å²) in [5.41, 5.74) is 2.75. The number of fused-ring (bicyclic) bond motifs is 2. The topological polar surface area (TPSA) is 108 Å². The molecule has 1 aliphatic heterocycles. The number of amides is 5. The maximum absolute atomic E-state index is 13.7. The lowest BCUT2D eigenvalue weighted by molar-refractivity contribution is -0.143. The maximum atomic E-state index is 13.7. The molecule has 2 aromatic rings. The number of carbonyl (C=O) groups is 4. The molecule has 2 atom stereocenters. The van der Waals surface area contributed by atoms with Gasteiger partial charge in [0.1, 0.15) is 6.54 Å². The van der Waals surface area contributed by atoms with Crippen molar-refractivity contribution in [2.75, 3.05) is 18.4 Å². The minimum atomic E-state index is -1.43. The first-order valence-electron chi connectivity index (χ1n) is 13.3. The van der Waals surface area contributed by atoms with E-state index >= 15 is 0 Å². The smallest absolute Gasteiger partial charge is 0.418 e. The number of urea groups is 1. The zero-order valence-corrected chi connectivity index (χ0v) is 22.1. The van der Waals surface area contributed by atoms with E-state index in [2.05, 4.69) is 10.6 Å². The Morgan fingerprint density at radius 2 is 1.89 bits per heavy atom. The lowest BCUT2D eigenvalue weighted by atomic mass is 9.94. The third kappa shape index (κ3) is 4.85. The van der Waals surface area contributed by atoms with E-state index in [1.54, 1.807) is 23.1 Å². The highest BCUT2D eigenvalue weighted by molar-refractivity contribution is 6.06. The van der Waals surface area contributed by atoms with Gasteiger partial charge in [0.2, 0.25) is 11.5 Å². The van der Waals surface area contributed by atoms with E-state index in [9.17, 15) is 19.2 Å². The predicted molar refractivity (Wildman–Crippen MR) is 141 cm³/mol. The summed E-state index contributed by atoms with van der Waals surface area (Å²) >= 11 is 0. The summed E-state index contributed by atoms with van der Waals surface area (Å²) in [6.45, 7) is 6.45. The van der Waals surface area contributed by atoms with Crippen molar-refractivity contribution in [2.24, 2.45) is 5.92 Å². The molecule has 1 saturated carbocycles. The molecule has 2 fully saturated rings. The van der Waals surface area contributed by atoms with Crippen molar-refractivity contribution in [3.05, 3.63) is 64.7 Å². The largest absolute Gasteiger partial charge is 0.427 e. The number of rotatable bonds is 8. The fourth-order valence-corrected chi connectivity index (χ4v) is 5.48. The fourth-order valence-electron chi connectivity index (χ4n) is 5.48. The van der Waals surface area contributed by atoms with E-state index in [0.29, 0.717) is 43.1 Å². The van der Waals surface area contributed by atoms with Gasteiger partial charge in [-0.3, -0.25) is 9.59 Å². The molecule has 2 aromatic carbocycles. The molecular weight excluding hydrogens is 484 g/mol. The molecular formula is C29H34N4O5. The summed E-state index contributed by atoms with van der Waals surface area (Å²) in [5, 5.41) is 5.44. The minimum Gasteiger partial charge on any atom is -0.427 e. The SMILES string of the molecule is CCNC(=O)Nc1ccc2c(c1)CC[C@@]21OC(=O)N(CC(=O)N(Cc2ccc(C)cc2)[C@@H](C)C2CC2)C1=O. The molecule has 1 saturated heterocycles. The van der Waals surface area contributed by atoms with Crippen LogP contribution in [0.1, 0.15) is 55.4 Å². The van der Waals surface area contributed by atoms with Crippen molar-refractivity contribution in [1.29, 1.82) is 0 Å². The van der Waals surface area contributed by atoms with Crippen LogP contribution in [0.15, 0.2) is 42.5 Å². The number of carbonyl (C=O) groups excluding carboxylic acids is 4. The fraction of sp³-hybridized carbons (Fsp3) is 0.448. The second-order valence-corrected chi connectivity index (χ2v) is 10.5. The van der Waals surface area contributed by atoms with Gasteiger partial charge in [0.25, 0.3) is 5.91 Å². The number of anilines is 1. The van der Waals surface area contributed by atoms with Gasteiger partial charge in [-0.25, -0.2) is 14.5 Å². The first-order valence-corrected chi connectivity index (χ1v) is 13.3. The summed E-state index contributed by atoms with van der Waals surface area (Å²) in [4.78, 5) is 54.8. The molecule has 200 valence electrons. The first kappa shape index (κ1) is 25.8. The van der Waals surface area contributed by atoms with Crippen LogP contribution in [0, 0.1) is 12.8 Å². The van der Waals surface area contributed by atoms with E-state index in [1.165, 1.54) is 0 Å². The van der Waals surface area contributed by atoms with Gasteiger partial charge < -0.3 is 20.3 Å². The molecule has 38 heavy (non-hydrogen) atoms. The van der Waals surface area contributed by atoms with E-state index in [-0.39, 0.29) is 24.5 Å². The van der Waals surface area contributed by atoms with E-state index < -0.39 is 17.6 Å². The number of nitrogens with one attached hydrogen (secondary N) is 2. The molecule has 9 nitrogen and oxygen atoms in total. The highest BCUT2D eigenvalue weighted by atomic mass is 16.6. The van der Waals surface area contributed by atoms with Crippen LogP contribution in [-0.2, 0) is 32.9 Å². The van der Waals surface area contributed by atoms with Gasteiger partial charge in [0, 0.05) is 36.8 Å². The van der Waals surface area contributed by atoms with Crippen LogP contribution >= 0.6 is 0 Å². The Labute approximate surface area is 222 Å². The Hall–Kier alpha value is -3.88. The van der Waals surface area contributed by atoms with Crippen LogP contribution in [0.25, 0.3) is 0 Å². The summed E-state index contributed by atoms with van der Waals surface area (Å²) in [6, 6.07) is 12.9. The van der Waals surface area contributed by atoms with Gasteiger partial charge in [-0.2, -0.15) is 0 Å². The second-order valence-electron chi connectivity index (χ2n) is 10.5. The monoisotopic (exact) mass is 518 g/mol. The standard InChI is InChI=1S/C29H34N4O5/c1-4-30-27(36)31-23-11-12-24-22(15-23)13-14-29(24)26(35)33(28(37)38-29)17-25(34)32(19(3)21-9-10-21)16-20-7-5-18(2)6-8-20/h5-8,11-12,15,19,21H,4,9-10,13-14,16-17H2,1-3H3,(H2,30,31,36)/t19-,29+/m0/s1. The summed E-state index contributed by atoms with van der Waals surface area (Å²) in [5.74, 6) is -0.346. The summed E-state index contributed by atoms with van der Waals surface area (Å²) in [6.07, 6.45) is 2.16. The van der Waals surface area contributed by atoms with E-state index in [4.69, 9.17) is 4.74 Å². The van der Waals surface area contributed by atoms with Gasteiger partial charge in [0.15, 0.2) is 0 Å². The van der Waals surface area contributed by atoms with Crippen molar-refractivity contribution in [3.63, 3.8) is 0 Å². The Morgan fingerprint density at radius 3 is 2.58 bits per heavy atom. The molecule has 2 N–H and O–H groups in total. The van der Waals surface area contributed by atoms with Crippen molar-refractivity contribution >= 4 is 29.6 Å². The van der Waals surface area contributed by atoms with Gasteiger partial charge in [-0.1, -0.05) is 35.9 Å². The number of aryl methyl sites for hydroxylation is 2. The molecule has 0 bridgehead atoms. The van der Waals surface area contributed by atoms with Crippen molar-refractivity contribution in [3.8, 4) is 0 Å². The summed E-state index contributed by atoms with van der Waals surface area (Å²) < 4.78 is 5.72. The second kappa shape index (κ2) is 10.1. The average Bonchev–Trinajstić information content (AvgIpc) is 3.64. The Bertz CT molecular complexity index is 1270. The number of benzene rings is 2. The molecule has 1 spiro atoms. The quantitative estimate of drug-likeness (QED) is 0.548. The molecule has 0 unspecified atom stereocenters. The third-order valence-electron chi connectivity index (χ3n) is 7.84. The molecule has 2 aliphatic carbocycles.